The Morgan fingerprint density at radius 3 is 2.60 bits per heavy atom. The Bertz CT molecular complexity index is 87.8. The fraction of sp³-hybridized carbons (Fsp3) is 1.00. The average molecular weight is 141 g/mol. The van der Waals surface area contributed by atoms with E-state index in [0.717, 1.165) is 6.04 Å². The molecule has 10 heavy (non-hydrogen) atoms. The van der Waals surface area contributed by atoms with Gasteiger partial charge in [0, 0.05) is 6.04 Å². The summed E-state index contributed by atoms with van der Waals surface area (Å²) in [5.74, 6) is 0. The minimum absolute atomic E-state index is 0.957. The van der Waals surface area contributed by atoms with Gasteiger partial charge in [-0.3, -0.25) is 0 Å². The Morgan fingerprint density at radius 1 is 1.20 bits per heavy atom. The summed E-state index contributed by atoms with van der Waals surface area (Å²) in [6, 6.07) is 0.957. The summed E-state index contributed by atoms with van der Waals surface area (Å²) < 4.78 is 0. The van der Waals surface area contributed by atoms with E-state index in [4.69, 9.17) is 0 Å². The summed E-state index contributed by atoms with van der Waals surface area (Å²) in [7, 11) is 0. The van der Waals surface area contributed by atoms with Crippen molar-refractivity contribution in [2.45, 2.75) is 31.7 Å². The van der Waals surface area contributed by atoms with Gasteiger partial charge in [-0.15, -0.1) is 0 Å². The van der Waals surface area contributed by atoms with Crippen molar-refractivity contribution < 1.29 is 5.32 Å². The molecule has 1 aliphatic heterocycles. The highest BCUT2D eigenvalue weighted by molar-refractivity contribution is 4.76. The predicted molar refractivity (Wildman–Crippen MR) is 40.6 cm³/mol. The lowest BCUT2D eigenvalue weighted by Gasteiger charge is -2.18. The molecule has 0 amide bonds. The third-order valence-electron chi connectivity index (χ3n) is 2.83. The molecule has 2 nitrogen and oxygen atoms in total. The highest BCUT2D eigenvalue weighted by Gasteiger charge is 2.26. The van der Waals surface area contributed by atoms with E-state index in [2.05, 4.69) is 10.2 Å². The Labute approximate surface area is 62.6 Å². The SMILES string of the molecule is C1CCC(N2CC[NH2+]C2)C1. The molecule has 0 unspecified atom stereocenters. The van der Waals surface area contributed by atoms with Crippen LogP contribution >= 0.6 is 0 Å². The van der Waals surface area contributed by atoms with Crippen LogP contribution in [-0.4, -0.2) is 30.7 Å². The molecule has 0 aromatic rings. The van der Waals surface area contributed by atoms with E-state index in [1.807, 2.05) is 0 Å². The van der Waals surface area contributed by atoms with E-state index >= 15 is 0 Å². The van der Waals surface area contributed by atoms with Crippen molar-refractivity contribution in [3.63, 3.8) is 0 Å². The zero-order valence-corrected chi connectivity index (χ0v) is 6.55. The average Bonchev–Trinajstić information content (AvgIpc) is 2.59. The van der Waals surface area contributed by atoms with Crippen LogP contribution in [0.3, 0.4) is 0 Å². The molecule has 2 N–H and O–H groups in total. The minimum Gasteiger partial charge on any atom is -0.333 e. The van der Waals surface area contributed by atoms with E-state index < -0.39 is 0 Å². The lowest BCUT2D eigenvalue weighted by Crippen LogP contribution is -2.82. The number of rotatable bonds is 1. The van der Waals surface area contributed by atoms with Gasteiger partial charge in [0.1, 0.15) is 6.67 Å². The standard InChI is InChI=1S/C8H16N2/c1-2-4-8(3-1)10-6-5-9-7-10/h8-9H,1-7H2/p+1. The summed E-state index contributed by atoms with van der Waals surface area (Å²) >= 11 is 0. The fourth-order valence-electron chi connectivity index (χ4n) is 2.21. The Kier molecular flexibility index (Phi) is 1.91. The molecule has 0 aromatic carbocycles. The van der Waals surface area contributed by atoms with Gasteiger partial charge in [-0.25, -0.2) is 4.90 Å². The number of quaternary nitrogens is 1. The molecule has 58 valence electrons. The summed E-state index contributed by atoms with van der Waals surface area (Å²) in [6.07, 6.45) is 5.88. The summed E-state index contributed by atoms with van der Waals surface area (Å²) in [5, 5.41) is 2.42. The van der Waals surface area contributed by atoms with Crippen LogP contribution in [0.2, 0.25) is 0 Å². The van der Waals surface area contributed by atoms with Crippen LogP contribution in [-0.2, 0) is 0 Å². The van der Waals surface area contributed by atoms with Gasteiger partial charge in [-0.1, -0.05) is 12.8 Å². The van der Waals surface area contributed by atoms with Gasteiger partial charge in [0.25, 0.3) is 0 Å². The molecule has 0 spiro atoms. The second-order valence-electron chi connectivity index (χ2n) is 3.51. The van der Waals surface area contributed by atoms with Crippen molar-refractivity contribution in [1.82, 2.24) is 4.90 Å². The highest BCUT2D eigenvalue weighted by Crippen LogP contribution is 2.22. The molecule has 2 fully saturated rings. The zero-order valence-electron chi connectivity index (χ0n) is 6.55. The van der Waals surface area contributed by atoms with Crippen molar-refractivity contribution in [3.8, 4) is 0 Å². The molecule has 0 aromatic heterocycles. The largest absolute Gasteiger partial charge is 0.333 e. The Morgan fingerprint density at radius 2 is 2.00 bits per heavy atom. The van der Waals surface area contributed by atoms with Gasteiger partial charge >= 0.3 is 0 Å². The molecular formula is C8H17N2+. The van der Waals surface area contributed by atoms with E-state index in [1.54, 1.807) is 0 Å². The van der Waals surface area contributed by atoms with Crippen LogP contribution in [0, 0.1) is 0 Å². The second-order valence-corrected chi connectivity index (χ2v) is 3.51. The van der Waals surface area contributed by atoms with Gasteiger partial charge < -0.3 is 5.32 Å². The summed E-state index contributed by atoms with van der Waals surface area (Å²) in [6.45, 7) is 3.94. The van der Waals surface area contributed by atoms with Gasteiger partial charge in [0.2, 0.25) is 0 Å². The van der Waals surface area contributed by atoms with Crippen LogP contribution < -0.4 is 5.32 Å². The maximum atomic E-state index is 2.65. The van der Waals surface area contributed by atoms with Crippen LogP contribution in [0.25, 0.3) is 0 Å². The van der Waals surface area contributed by atoms with E-state index in [9.17, 15) is 0 Å². The third-order valence-corrected chi connectivity index (χ3v) is 2.83. The van der Waals surface area contributed by atoms with Crippen molar-refractivity contribution >= 4 is 0 Å². The first-order valence-electron chi connectivity index (χ1n) is 4.52. The molecule has 0 radical (unpaired) electrons. The molecule has 1 aliphatic carbocycles. The summed E-state index contributed by atoms with van der Waals surface area (Å²) in [5.41, 5.74) is 0. The monoisotopic (exact) mass is 141 g/mol. The van der Waals surface area contributed by atoms with Crippen molar-refractivity contribution in [2.24, 2.45) is 0 Å². The predicted octanol–water partition coefficient (Wildman–Crippen LogP) is -0.234. The molecule has 1 heterocycles. The third kappa shape index (κ3) is 1.18. The first-order valence-corrected chi connectivity index (χ1v) is 4.52. The number of hydrogen-bond acceptors (Lipinski definition) is 1. The number of nitrogens with zero attached hydrogens (tertiary/aromatic N) is 1. The topological polar surface area (TPSA) is 19.9 Å². The lowest BCUT2D eigenvalue weighted by molar-refractivity contribution is -0.643. The van der Waals surface area contributed by atoms with Gasteiger partial charge in [0.15, 0.2) is 0 Å². The normalized spacial score (nSPS) is 30.0. The van der Waals surface area contributed by atoms with E-state index in [0.29, 0.717) is 0 Å². The molecule has 1 saturated heterocycles. The van der Waals surface area contributed by atoms with Crippen LogP contribution in [0.1, 0.15) is 25.7 Å². The van der Waals surface area contributed by atoms with Crippen molar-refractivity contribution in [2.75, 3.05) is 19.8 Å². The molecule has 0 atom stereocenters. The van der Waals surface area contributed by atoms with Crippen LogP contribution in [0.15, 0.2) is 0 Å². The van der Waals surface area contributed by atoms with Crippen LogP contribution in [0.4, 0.5) is 0 Å². The number of nitrogens with two attached hydrogens (primary N) is 1. The Balaban J connectivity index is 1.85. The van der Waals surface area contributed by atoms with Gasteiger partial charge in [-0.2, -0.15) is 0 Å². The molecule has 2 rings (SSSR count). The molecule has 0 bridgehead atoms. The Hall–Kier alpha value is -0.0800. The molecule has 2 heteroatoms. The molecule has 1 saturated carbocycles. The zero-order chi connectivity index (χ0) is 6.81. The quantitative estimate of drug-likeness (QED) is 0.534. The minimum atomic E-state index is 0.957. The molecule has 2 aliphatic rings. The van der Waals surface area contributed by atoms with Gasteiger partial charge in [0.05, 0.1) is 13.1 Å². The first kappa shape index (κ1) is 6.62. The maximum Gasteiger partial charge on any atom is 0.132 e. The second kappa shape index (κ2) is 2.89. The van der Waals surface area contributed by atoms with Crippen LogP contribution in [0.5, 0.6) is 0 Å². The lowest BCUT2D eigenvalue weighted by atomic mass is 10.2. The van der Waals surface area contributed by atoms with Gasteiger partial charge in [-0.05, 0) is 12.8 Å². The fourth-order valence-corrected chi connectivity index (χ4v) is 2.21. The van der Waals surface area contributed by atoms with E-state index in [1.165, 1.54) is 45.4 Å². The summed E-state index contributed by atoms with van der Waals surface area (Å²) in [4.78, 5) is 2.65. The first-order chi connectivity index (χ1) is 4.97. The number of hydrogen-bond donors (Lipinski definition) is 1. The highest BCUT2D eigenvalue weighted by atomic mass is 15.3. The van der Waals surface area contributed by atoms with E-state index in [-0.39, 0.29) is 0 Å². The van der Waals surface area contributed by atoms with Crippen molar-refractivity contribution in [3.05, 3.63) is 0 Å². The maximum absolute atomic E-state index is 2.65. The van der Waals surface area contributed by atoms with Crippen molar-refractivity contribution in [1.29, 1.82) is 0 Å². The molecular weight excluding hydrogens is 124 g/mol. The smallest absolute Gasteiger partial charge is 0.132 e.